The summed E-state index contributed by atoms with van der Waals surface area (Å²) in [5.74, 6) is -0.102. The Labute approximate surface area is 125 Å². The standard InChI is InChI=1S/C14H15BrN2OS/c1-2-9-5-6-19-13(9)8-17-14(18)10-3-4-11(15)12(16)7-10/h3-7H,2,8,16H2,1H3,(H,17,18). The van der Waals surface area contributed by atoms with Crippen molar-refractivity contribution in [1.82, 2.24) is 5.32 Å². The first-order chi connectivity index (χ1) is 9.11. The SMILES string of the molecule is CCc1ccsc1CNC(=O)c1ccc(Br)c(N)c1. The largest absolute Gasteiger partial charge is 0.398 e. The highest BCUT2D eigenvalue weighted by Gasteiger charge is 2.09. The van der Waals surface area contributed by atoms with Gasteiger partial charge in [-0.05, 0) is 57.6 Å². The number of hydrogen-bond acceptors (Lipinski definition) is 3. The van der Waals surface area contributed by atoms with Crippen molar-refractivity contribution in [2.24, 2.45) is 0 Å². The normalized spacial score (nSPS) is 10.4. The van der Waals surface area contributed by atoms with E-state index in [1.165, 1.54) is 10.4 Å². The first-order valence-corrected chi connectivity index (χ1v) is 7.67. The third-order valence-electron chi connectivity index (χ3n) is 2.89. The van der Waals surface area contributed by atoms with E-state index in [0.717, 1.165) is 10.9 Å². The predicted molar refractivity (Wildman–Crippen MR) is 83.4 cm³/mol. The second kappa shape index (κ2) is 6.21. The van der Waals surface area contributed by atoms with Crippen LogP contribution in [0.3, 0.4) is 0 Å². The Hall–Kier alpha value is -1.33. The summed E-state index contributed by atoms with van der Waals surface area (Å²) in [5.41, 5.74) is 8.21. The van der Waals surface area contributed by atoms with Crippen LogP contribution in [0.2, 0.25) is 0 Å². The quantitative estimate of drug-likeness (QED) is 0.837. The third-order valence-corrected chi connectivity index (χ3v) is 4.57. The van der Waals surface area contributed by atoms with E-state index in [4.69, 9.17) is 5.73 Å². The lowest BCUT2D eigenvalue weighted by Crippen LogP contribution is -2.22. The minimum atomic E-state index is -0.102. The lowest BCUT2D eigenvalue weighted by Gasteiger charge is -2.07. The zero-order valence-corrected chi connectivity index (χ0v) is 13.0. The van der Waals surface area contributed by atoms with Crippen LogP contribution in [0.25, 0.3) is 0 Å². The molecule has 2 aromatic rings. The molecule has 0 saturated carbocycles. The number of nitrogens with two attached hydrogens (primary N) is 1. The van der Waals surface area contributed by atoms with E-state index in [9.17, 15) is 4.79 Å². The maximum Gasteiger partial charge on any atom is 0.251 e. The summed E-state index contributed by atoms with van der Waals surface area (Å²) < 4.78 is 0.801. The van der Waals surface area contributed by atoms with E-state index in [-0.39, 0.29) is 5.91 Å². The van der Waals surface area contributed by atoms with Crippen LogP contribution in [-0.2, 0) is 13.0 Å². The second-order valence-corrected chi connectivity index (χ2v) is 6.00. The van der Waals surface area contributed by atoms with Crippen molar-refractivity contribution in [2.45, 2.75) is 19.9 Å². The van der Waals surface area contributed by atoms with Gasteiger partial charge in [0, 0.05) is 20.6 Å². The molecule has 0 aliphatic carbocycles. The van der Waals surface area contributed by atoms with Crippen molar-refractivity contribution in [1.29, 1.82) is 0 Å². The van der Waals surface area contributed by atoms with Crippen molar-refractivity contribution in [3.8, 4) is 0 Å². The molecule has 0 radical (unpaired) electrons. The maximum atomic E-state index is 12.0. The van der Waals surface area contributed by atoms with Gasteiger partial charge < -0.3 is 11.1 Å². The van der Waals surface area contributed by atoms with Crippen molar-refractivity contribution in [3.05, 3.63) is 50.1 Å². The van der Waals surface area contributed by atoms with Crippen LogP contribution >= 0.6 is 27.3 Å². The fourth-order valence-electron chi connectivity index (χ4n) is 1.78. The number of carbonyl (C=O) groups excluding carboxylic acids is 1. The monoisotopic (exact) mass is 338 g/mol. The second-order valence-electron chi connectivity index (χ2n) is 4.14. The number of benzene rings is 1. The average Bonchev–Trinajstić information content (AvgIpc) is 2.86. The highest BCUT2D eigenvalue weighted by molar-refractivity contribution is 9.10. The molecular formula is C14H15BrN2OS. The number of nitrogens with one attached hydrogen (secondary N) is 1. The molecule has 2 rings (SSSR count). The number of thiophene rings is 1. The summed E-state index contributed by atoms with van der Waals surface area (Å²) in [6.45, 7) is 2.68. The first-order valence-electron chi connectivity index (χ1n) is 6.00. The zero-order valence-electron chi connectivity index (χ0n) is 10.6. The van der Waals surface area contributed by atoms with Crippen LogP contribution in [0.1, 0.15) is 27.7 Å². The van der Waals surface area contributed by atoms with E-state index in [2.05, 4.69) is 39.6 Å². The summed E-state index contributed by atoms with van der Waals surface area (Å²) in [4.78, 5) is 13.2. The van der Waals surface area contributed by atoms with Crippen LogP contribution in [0.15, 0.2) is 34.1 Å². The van der Waals surface area contributed by atoms with Gasteiger partial charge in [-0.2, -0.15) is 0 Å². The Bertz CT molecular complexity index is 595. The minimum absolute atomic E-state index is 0.102. The molecule has 0 fully saturated rings. The number of halogens is 1. The number of aryl methyl sites for hydroxylation is 1. The van der Waals surface area contributed by atoms with E-state index in [1.54, 1.807) is 29.5 Å². The van der Waals surface area contributed by atoms with Crippen molar-refractivity contribution in [2.75, 3.05) is 5.73 Å². The molecule has 1 heterocycles. The number of anilines is 1. The van der Waals surface area contributed by atoms with Gasteiger partial charge in [0.1, 0.15) is 0 Å². The van der Waals surface area contributed by atoms with Gasteiger partial charge in [0.2, 0.25) is 0 Å². The Kier molecular flexibility index (Phi) is 4.61. The molecule has 1 aromatic heterocycles. The summed E-state index contributed by atoms with van der Waals surface area (Å²) >= 11 is 4.98. The van der Waals surface area contributed by atoms with E-state index in [1.807, 2.05) is 0 Å². The smallest absolute Gasteiger partial charge is 0.251 e. The summed E-state index contributed by atoms with van der Waals surface area (Å²) in [5, 5.41) is 4.98. The molecule has 0 saturated heterocycles. The van der Waals surface area contributed by atoms with E-state index >= 15 is 0 Å². The Morgan fingerprint density at radius 2 is 2.21 bits per heavy atom. The van der Waals surface area contributed by atoms with E-state index in [0.29, 0.717) is 17.8 Å². The Morgan fingerprint density at radius 3 is 2.89 bits per heavy atom. The molecule has 5 heteroatoms. The van der Waals surface area contributed by atoms with Crippen LogP contribution in [0.5, 0.6) is 0 Å². The van der Waals surface area contributed by atoms with Gasteiger partial charge in [-0.1, -0.05) is 6.92 Å². The predicted octanol–water partition coefficient (Wildman–Crippen LogP) is 3.59. The highest BCUT2D eigenvalue weighted by Crippen LogP contribution is 2.21. The summed E-state index contributed by atoms with van der Waals surface area (Å²) in [6.07, 6.45) is 0.986. The molecule has 19 heavy (non-hydrogen) atoms. The molecule has 0 atom stereocenters. The van der Waals surface area contributed by atoms with Gasteiger partial charge in [0.05, 0.1) is 6.54 Å². The van der Waals surface area contributed by atoms with Crippen LogP contribution in [0, 0.1) is 0 Å². The Morgan fingerprint density at radius 1 is 1.42 bits per heavy atom. The van der Waals surface area contributed by atoms with Crippen LogP contribution < -0.4 is 11.1 Å². The minimum Gasteiger partial charge on any atom is -0.398 e. The molecule has 0 bridgehead atoms. The molecule has 1 aromatic carbocycles. The number of carbonyl (C=O) groups is 1. The highest BCUT2D eigenvalue weighted by atomic mass is 79.9. The van der Waals surface area contributed by atoms with Crippen molar-refractivity contribution in [3.63, 3.8) is 0 Å². The Balaban J connectivity index is 2.03. The molecule has 0 spiro atoms. The fourth-order valence-corrected chi connectivity index (χ4v) is 2.95. The zero-order chi connectivity index (χ0) is 13.8. The number of amides is 1. The topological polar surface area (TPSA) is 55.1 Å². The molecule has 0 aliphatic heterocycles. The van der Waals surface area contributed by atoms with Gasteiger partial charge in [-0.15, -0.1) is 11.3 Å². The summed E-state index contributed by atoms with van der Waals surface area (Å²) in [6, 6.07) is 7.32. The number of rotatable bonds is 4. The lowest BCUT2D eigenvalue weighted by molar-refractivity contribution is 0.0951. The maximum absolute atomic E-state index is 12.0. The molecule has 0 unspecified atom stereocenters. The first kappa shape index (κ1) is 14.1. The molecule has 3 N–H and O–H groups in total. The number of hydrogen-bond donors (Lipinski definition) is 2. The molecule has 100 valence electrons. The van der Waals surface area contributed by atoms with Crippen LogP contribution in [0.4, 0.5) is 5.69 Å². The van der Waals surface area contributed by atoms with Crippen molar-refractivity contribution >= 4 is 38.9 Å². The third kappa shape index (κ3) is 3.36. The van der Waals surface area contributed by atoms with Crippen LogP contribution in [-0.4, -0.2) is 5.91 Å². The molecule has 1 amide bonds. The molecular weight excluding hydrogens is 324 g/mol. The van der Waals surface area contributed by atoms with Gasteiger partial charge in [0.25, 0.3) is 5.91 Å². The molecule has 3 nitrogen and oxygen atoms in total. The molecule has 0 aliphatic rings. The fraction of sp³-hybridized carbons (Fsp3) is 0.214. The summed E-state index contributed by atoms with van der Waals surface area (Å²) in [7, 11) is 0. The lowest BCUT2D eigenvalue weighted by atomic mass is 10.2. The van der Waals surface area contributed by atoms with E-state index < -0.39 is 0 Å². The van der Waals surface area contributed by atoms with Gasteiger partial charge >= 0.3 is 0 Å². The number of nitrogen functional groups attached to an aromatic ring is 1. The average molecular weight is 339 g/mol. The van der Waals surface area contributed by atoms with Crippen molar-refractivity contribution < 1.29 is 4.79 Å². The van der Waals surface area contributed by atoms with Gasteiger partial charge in [-0.25, -0.2) is 0 Å². The van der Waals surface area contributed by atoms with Gasteiger partial charge in [-0.3, -0.25) is 4.79 Å². The van der Waals surface area contributed by atoms with Gasteiger partial charge in [0.15, 0.2) is 0 Å².